The van der Waals surface area contributed by atoms with Crippen LogP contribution < -0.4 is 5.32 Å². The van der Waals surface area contributed by atoms with Crippen LogP contribution in [0.25, 0.3) is 11.0 Å². The van der Waals surface area contributed by atoms with E-state index in [1.165, 1.54) is 18.4 Å². The molecule has 1 atom stereocenters. The van der Waals surface area contributed by atoms with Crippen LogP contribution in [0.2, 0.25) is 0 Å². The van der Waals surface area contributed by atoms with Gasteiger partial charge < -0.3 is 5.32 Å². The lowest BCUT2D eigenvalue weighted by molar-refractivity contribution is 0.0933. The third-order valence-electron chi connectivity index (χ3n) is 5.77. The molecule has 0 bridgehead atoms. The van der Waals surface area contributed by atoms with Gasteiger partial charge >= 0.3 is 0 Å². The third-order valence-corrected chi connectivity index (χ3v) is 5.77. The molecule has 0 aliphatic heterocycles. The molecule has 2 fully saturated rings. The molecule has 2 heterocycles. The molecule has 5 rings (SSSR count). The predicted octanol–water partition coefficient (Wildman–Crippen LogP) is 4.04. The van der Waals surface area contributed by atoms with E-state index in [4.69, 9.17) is 4.98 Å². The van der Waals surface area contributed by atoms with E-state index in [9.17, 15) is 4.79 Å². The van der Waals surface area contributed by atoms with Crippen LogP contribution in [0.5, 0.6) is 0 Å². The number of carbonyl (C=O) groups excluding carboxylic acids is 1. The SMILES string of the molecule is Cc1nn(C)c2nc(C3CC3)cc(C(=O)N[C@H](c3ccccc3)C3CC3)c12. The molecule has 27 heavy (non-hydrogen) atoms. The van der Waals surface area contributed by atoms with Crippen molar-refractivity contribution in [3.63, 3.8) is 0 Å². The zero-order chi connectivity index (χ0) is 18.5. The monoisotopic (exact) mass is 360 g/mol. The van der Waals surface area contributed by atoms with E-state index >= 15 is 0 Å². The van der Waals surface area contributed by atoms with Gasteiger partial charge in [-0.3, -0.25) is 9.48 Å². The topological polar surface area (TPSA) is 59.8 Å². The smallest absolute Gasteiger partial charge is 0.252 e. The first-order valence-electron chi connectivity index (χ1n) is 9.82. The summed E-state index contributed by atoms with van der Waals surface area (Å²) in [6, 6.07) is 12.4. The summed E-state index contributed by atoms with van der Waals surface area (Å²) in [6.07, 6.45) is 4.66. The van der Waals surface area contributed by atoms with Crippen molar-refractivity contribution < 1.29 is 4.79 Å². The van der Waals surface area contributed by atoms with Crippen molar-refractivity contribution in [1.82, 2.24) is 20.1 Å². The maximum Gasteiger partial charge on any atom is 0.252 e. The van der Waals surface area contributed by atoms with Crippen molar-refractivity contribution in [2.75, 3.05) is 0 Å². The van der Waals surface area contributed by atoms with E-state index in [0.29, 0.717) is 17.4 Å². The van der Waals surface area contributed by atoms with Gasteiger partial charge in [-0.1, -0.05) is 30.3 Å². The van der Waals surface area contributed by atoms with E-state index in [-0.39, 0.29) is 11.9 Å². The van der Waals surface area contributed by atoms with Crippen LogP contribution in [-0.2, 0) is 7.05 Å². The van der Waals surface area contributed by atoms with Gasteiger partial charge in [-0.05, 0) is 50.2 Å². The van der Waals surface area contributed by atoms with Crippen molar-refractivity contribution in [1.29, 1.82) is 0 Å². The molecule has 0 radical (unpaired) electrons. The molecule has 5 nitrogen and oxygen atoms in total. The zero-order valence-corrected chi connectivity index (χ0v) is 15.8. The third kappa shape index (κ3) is 3.01. The second-order valence-electron chi connectivity index (χ2n) is 7.98. The fourth-order valence-corrected chi connectivity index (χ4v) is 4.01. The van der Waals surface area contributed by atoms with Gasteiger partial charge in [0.15, 0.2) is 5.65 Å². The number of benzene rings is 1. The molecular formula is C22H24N4O. The predicted molar refractivity (Wildman–Crippen MR) is 105 cm³/mol. The van der Waals surface area contributed by atoms with Gasteiger partial charge in [0.1, 0.15) is 0 Å². The quantitative estimate of drug-likeness (QED) is 0.747. The molecule has 5 heteroatoms. The molecule has 3 aromatic rings. The number of aryl methyl sites for hydroxylation is 2. The molecule has 1 aromatic carbocycles. The number of nitrogens with one attached hydrogen (secondary N) is 1. The Morgan fingerprint density at radius 1 is 1.19 bits per heavy atom. The maximum absolute atomic E-state index is 13.4. The first kappa shape index (κ1) is 16.5. The Morgan fingerprint density at radius 2 is 1.93 bits per heavy atom. The molecule has 1 N–H and O–H groups in total. The molecular weight excluding hydrogens is 336 g/mol. The molecule has 1 amide bonds. The standard InChI is InChI=1S/C22H24N4O/c1-13-19-17(12-18(14-8-9-14)23-21(19)26(2)25-13)22(27)24-20(16-10-11-16)15-6-4-3-5-7-15/h3-7,12,14,16,20H,8-11H2,1-2H3,(H,24,27)/t20-/m1/s1. The highest BCUT2D eigenvalue weighted by Crippen LogP contribution is 2.42. The lowest BCUT2D eigenvalue weighted by atomic mass is 10.0. The molecule has 2 aliphatic carbocycles. The van der Waals surface area contributed by atoms with E-state index in [1.54, 1.807) is 4.68 Å². The van der Waals surface area contributed by atoms with E-state index in [1.807, 2.05) is 38.2 Å². The fourth-order valence-electron chi connectivity index (χ4n) is 4.01. The number of aromatic nitrogens is 3. The van der Waals surface area contributed by atoms with Crippen LogP contribution in [0.4, 0.5) is 0 Å². The highest BCUT2D eigenvalue weighted by molar-refractivity contribution is 6.06. The molecule has 2 aromatic heterocycles. The molecule has 138 valence electrons. The van der Waals surface area contributed by atoms with Crippen LogP contribution in [0.15, 0.2) is 36.4 Å². The Bertz CT molecular complexity index is 1020. The van der Waals surface area contributed by atoms with Gasteiger partial charge in [-0.2, -0.15) is 5.10 Å². The minimum atomic E-state index is -0.0128. The number of hydrogen-bond acceptors (Lipinski definition) is 3. The summed E-state index contributed by atoms with van der Waals surface area (Å²) in [5.74, 6) is 1.01. The Hall–Kier alpha value is -2.69. The second-order valence-corrected chi connectivity index (χ2v) is 7.98. The Balaban J connectivity index is 1.55. The number of fused-ring (bicyclic) bond motifs is 1. The Morgan fingerprint density at radius 3 is 2.59 bits per heavy atom. The Kier molecular flexibility index (Phi) is 3.78. The number of pyridine rings is 1. The van der Waals surface area contributed by atoms with Crippen LogP contribution in [0.1, 0.15) is 65.0 Å². The highest BCUT2D eigenvalue weighted by atomic mass is 16.1. The minimum Gasteiger partial charge on any atom is -0.345 e. The van der Waals surface area contributed by atoms with Gasteiger partial charge in [0.05, 0.1) is 22.7 Å². The summed E-state index contributed by atoms with van der Waals surface area (Å²) in [7, 11) is 1.90. The van der Waals surface area contributed by atoms with E-state index in [2.05, 4.69) is 22.5 Å². The first-order valence-corrected chi connectivity index (χ1v) is 9.82. The van der Waals surface area contributed by atoms with Gasteiger partial charge in [0.25, 0.3) is 5.91 Å². The van der Waals surface area contributed by atoms with Gasteiger partial charge in [0, 0.05) is 18.7 Å². The number of rotatable bonds is 5. The van der Waals surface area contributed by atoms with Gasteiger partial charge in [0.2, 0.25) is 0 Å². The lowest BCUT2D eigenvalue weighted by Gasteiger charge is -2.19. The largest absolute Gasteiger partial charge is 0.345 e. The molecule has 2 saturated carbocycles. The number of amides is 1. The van der Waals surface area contributed by atoms with Crippen molar-refractivity contribution in [2.45, 2.75) is 44.6 Å². The van der Waals surface area contributed by atoms with Crippen molar-refractivity contribution >= 4 is 16.9 Å². The van der Waals surface area contributed by atoms with Crippen molar-refractivity contribution in [2.24, 2.45) is 13.0 Å². The van der Waals surface area contributed by atoms with Gasteiger partial charge in [-0.25, -0.2) is 4.98 Å². The average Bonchev–Trinajstić information content (AvgIpc) is 3.58. The zero-order valence-electron chi connectivity index (χ0n) is 15.8. The first-order chi connectivity index (χ1) is 13.1. The van der Waals surface area contributed by atoms with Crippen molar-refractivity contribution in [3.05, 3.63) is 58.9 Å². The van der Waals surface area contributed by atoms with Crippen LogP contribution >= 0.6 is 0 Å². The maximum atomic E-state index is 13.4. The number of hydrogen-bond donors (Lipinski definition) is 1. The fraction of sp³-hybridized carbons (Fsp3) is 0.409. The summed E-state index contributed by atoms with van der Waals surface area (Å²) in [4.78, 5) is 18.2. The molecule has 0 unspecified atom stereocenters. The summed E-state index contributed by atoms with van der Waals surface area (Å²) in [6.45, 7) is 1.95. The van der Waals surface area contributed by atoms with Gasteiger partial charge in [-0.15, -0.1) is 0 Å². The molecule has 2 aliphatic rings. The summed E-state index contributed by atoms with van der Waals surface area (Å²) >= 11 is 0. The summed E-state index contributed by atoms with van der Waals surface area (Å²) in [5.41, 5.74) is 4.59. The summed E-state index contributed by atoms with van der Waals surface area (Å²) < 4.78 is 1.79. The molecule has 0 saturated heterocycles. The van der Waals surface area contributed by atoms with E-state index in [0.717, 1.165) is 35.3 Å². The van der Waals surface area contributed by atoms with Crippen molar-refractivity contribution in [3.8, 4) is 0 Å². The van der Waals surface area contributed by atoms with Crippen LogP contribution in [0, 0.1) is 12.8 Å². The number of nitrogens with zero attached hydrogens (tertiary/aromatic N) is 3. The van der Waals surface area contributed by atoms with Crippen LogP contribution in [0.3, 0.4) is 0 Å². The molecule has 0 spiro atoms. The second kappa shape index (κ2) is 6.19. The summed E-state index contributed by atoms with van der Waals surface area (Å²) in [5, 5.41) is 8.71. The number of carbonyl (C=O) groups is 1. The highest BCUT2D eigenvalue weighted by Gasteiger charge is 2.34. The minimum absolute atomic E-state index is 0.0128. The normalized spacial score (nSPS) is 17.9. The average molecular weight is 360 g/mol. The van der Waals surface area contributed by atoms with E-state index < -0.39 is 0 Å². The van der Waals surface area contributed by atoms with Crippen LogP contribution in [-0.4, -0.2) is 20.7 Å². The lowest BCUT2D eigenvalue weighted by Crippen LogP contribution is -2.30. The Labute approximate surface area is 158 Å².